The SMILES string of the molecule is COc1cc(CNCc2cc(F)ccc2F)ccc1C#N. The maximum absolute atomic E-state index is 13.5. The van der Waals surface area contributed by atoms with Crippen LogP contribution in [0.4, 0.5) is 8.78 Å². The molecule has 21 heavy (non-hydrogen) atoms. The summed E-state index contributed by atoms with van der Waals surface area (Å²) in [5.74, 6) is -0.414. The van der Waals surface area contributed by atoms with Gasteiger partial charge in [0.25, 0.3) is 0 Å². The summed E-state index contributed by atoms with van der Waals surface area (Å²) in [7, 11) is 1.50. The van der Waals surface area contributed by atoms with Gasteiger partial charge in [-0.15, -0.1) is 0 Å². The van der Waals surface area contributed by atoms with E-state index in [1.807, 2.05) is 6.07 Å². The van der Waals surface area contributed by atoms with Gasteiger partial charge in [0, 0.05) is 18.7 Å². The van der Waals surface area contributed by atoms with Gasteiger partial charge in [-0.2, -0.15) is 5.26 Å². The molecule has 0 aromatic heterocycles. The second-order valence-electron chi connectivity index (χ2n) is 4.49. The fourth-order valence-electron chi connectivity index (χ4n) is 1.96. The van der Waals surface area contributed by atoms with Crippen LogP contribution in [0.15, 0.2) is 36.4 Å². The van der Waals surface area contributed by atoms with Crippen LogP contribution in [0.5, 0.6) is 5.75 Å². The molecule has 0 bridgehead atoms. The van der Waals surface area contributed by atoms with Crippen LogP contribution in [0, 0.1) is 23.0 Å². The molecule has 0 aliphatic rings. The van der Waals surface area contributed by atoms with Crippen LogP contribution in [0.2, 0.25) is 0 Å². The van der Waals surface area contributed by atoms with E-state index in [-0.39, 0.29) is 12.1 Å². The zero-order chi connectivity index (χ0) is 15.2. The van der Waals surface area contributed by atoms with E-state index in [9.17, 15) is 8.78 Å². The monoisotopic (exact) mass is 288 g/mol. The molecule has 2 rings (SSSR count). The number of nitriles is 1. The Morgan fingerprint density at radius 2 is 1.95 bits per heavy atom. The number of methoxy groups -OCH3 is 1. The molecule has 2 aromatic rings. The first-order chi connectivity index (χ1) is 10.1. The van der Waals surface area contributed by atoms with Crippen molar-refractivity contribution in [2.24, 2.45) is 0 Å². The number of rotatable bonds is 5. The molecule has 5 heteroatoms. The largest absolute Gasteiger partial charge is 0.495 e. The second-order valence-corrected chi connectivity index (χ2v) is 4.49. The molecule has 0 saturated heterocycles. The predicted octanol–water partition coefficient (Wildman–Crippen LogP) is 3.13. The molecule has 0 saturated carbocycles. The van der Waals surface area contributed by atoms with E-state index in [1.165, 1.54) is 13.2 Å². The van der Waals surface area contributed by atoms with Crippen molar-refractivity contribution < 1.29 is 13.5 Å². The Morgan fingerprint density at radius 1 is 1.14 bits per heavy atom. The van der Waals surface area contributed by atoms with E-state index < -0.39 is 11.6 Å². The first kappa shape index (κ1) is 14.9. The van der Waals surface area contributed by atoms with E-state index in [1.54, 1.807) is 18.2 Å². The van der Waals surface area contributed by atoms with Crippen LogP contribution in [-0.4, -0.2) is 7.11 Å². The van der Waals surface area contributed by atoms with Crippen LogP contribution in [0.25, 0.3) is 0 Å². The van der Waals surface area contributed by atoms with Gasteiger partial charge in [0.2, 0.25) is 0 Å². The lowest BCUT2D eigenvalue weighted by molar-refractivity contribution is 0.412. The lowest BCUT2D eigenvalue weighted by atomic mass is 10.1. The Balaban J connectivity index is 2.00. The first-order valence-electron chi connectivity index (χ1n) is 6.35. The normalized spacial score (nSPS) is 10.2. The summed E-state index contributed by atoms with van der Waals surface area (Å²) >= 11 is 0. The molecule has 0 heterocycles. The average molecular weight is 288 g/mol. The molecule has 0 radical (unpaired) electrons. The van der Waals surface area contributed by atoms with E-state index >= 15 is 0 Å². The molecule has 2 aromatic carbocycles. The van der Waals surface area contributed by atoms with Crippen LogP contribution < -0.4 is 10.1 Å². The summed E-state index contributed by atoms with van der Waals surface area (Å²) in [5.41, 5.74) is 1.62. The summed E-state index contributed by atoms with van der Waals surface area (Å²) in [4.78, 5) is 0. The van der Waals surface area contributed by atoms with Crippen LogP contribution in [0.1, 0.15) is 16.7 Å². The summed E-state index contributed by atoms with van der Waals surface area (Å²) in [6.07, 6.45) is 0. The van der Waals surface area contributed by atoms with Gasteiger partial charge in [-0.3, -0.25) is 0 Å². The predicted molar refractivity (Wildman–Crippen MR) is 74.6 cm³/mol. The highest BCUT2D eigenvalue weighted by Crippen LogP contribution is 2.19. The number of nitrogens with one attached hydrogen (secondary N) is 1. The average Bonchev–Trinajstić information content (AvgIpc) is 2.50. The number of benzene rings is 2. The van der Waals surface area contributed by atoms with Crippen molar-refractivity contribution >= 4 is 0 Å². The maximum Gasteiger partial charge on any atom is 0.136 e. The van der Waals surface area contributed by atoms with Gasteiger partial charge in [0.1, 0.15) is 23.5 Å². The third-order valence-electron chi connectivity index (χ3n) is 3.04. The zero-order valence-corrected chi connectivity index (χ0v) is 11.5. The van der Waals surface area contributed by atoms with Gasteiger partial charge in [0.15, 0.2) is 0 Å². The van der Waals surface area contributed by atoms with Crippen molar-refractivity contribution in [2.45, 2.75) is 13.1 Å². The topological polar surface area (TPSA) is 45.0 Å². The van der Waals surface area contributed by atoms with Gasteiger partial charge >= 0.3 is 0 Å². The quantitative estimate of drug-likeness (QED) is 0.919. The first-order valence-corrected chi connectivity index (χ1v) is 6.35. The molecular formula is C16H14F2N2O. The van der Waals surface area contributed by atoms with Crippen LogP contribution in [0.3, 0.4) is 0 Å². The summed E-state index contributed by atoms with van der Waals surface area (Å²) in [6, 6.07) is 10.6. The smallest absolute Gasteiger partial charge is 0.136 e. The summed E-state index contributed by atoms with van der Waals surface area (Å²) in [6.45, 7) is 0.671. The van der Waals surface area contributed by atoms with Gasteiger partial charge in [-0.1, -0.05) is 6.07 Å². The molecule has 0 aliphatic heterocycles. The van der Waals surface area contributed by atoms with E-state index in [0.29, 0.717) is 17.9 Å². The number of ether oxygens (including phenoxy) is 1. The molecular weight excluding hydrogens is 274 g/mol. The Kier molecular flexibility index (Phi) is 4.85. The number of nitrogens with zero attached hydrogens (tertiary/aromatic N) is 1. The Hall–Kier alpha value is -2.45. The third-order valence-corrected chi connectivity index (χ3v) is 3.04. The molecule has 1 N–H and O–H groups in total. The van der Waals surface area contributed by atoms with E-state index in [4.69, 9.17) is 10.00 Å². The third kappa shape index (κ3) is 3.77. The van der Waals surface area contributed by atoms with Crippen LogP contribution >= 0.6 is 0 Å². The van der Waals surface area contributed by atoms with Gasteiger partial charge in [-0.05, 0) is 35.9 Å². The van der Waals surface area contributed by atoms with Gasteiger partial charge in [-0.25, -0.2) is 8.78 Å². The standard InChI is InChI=1S/C16H14F2N2O/c1-21-16-6-11(2-3-12(16)8-19)9-20-10-13-7-14(17)4-5-15(13)18/h2-7,20H,9-10H2,1H3. The Bertz CT molecular complexity index is 680. The Labute approximate surface area is 121 Å². The van der Waals surface area contributed by atoms with Gasteiger partial charge in [0.05, 0.1) is 12.7 Å². The molecule has 0 aliphatic carbocycles. The highest BCUT2D eigenvalue weighted by atomic mass is 19.1. The Morgan fingerprint density at radius 3 is 2.67 bits per heavy atom. The lowest BCUT2D eigenvalue weighted by Gasteiger charge is -2.08. The zero-order valence-electron chi connectivity index (χ0n) is 11.5. The van der Waals surface area contributed by atoms with Crippen molar-refractivity contribution in [2.75, 3.05) is 7.11 Å². The minimum Gasteiger partial charge on any atom is -0.495 e. The lowest BCUT2D eigenvalue weighted by Crippen LogP contribution is -2.14. The van der Waals surface area contributed by atoms with Crippen molar-refractivity contribution in [1.29, 1.82) is 5.26 Å². The molecule has 0 unspecified atom stereocenters. The molecule has 0 fully saturated rings. The number of halogens is 2. The van der Waals surface area contributed by atoms with Crippen molar-refractivity contribution in [3.05, 3.63) is 64.7 Å². The molecule has 0 atom stereocenters. The summed E-state index contributed by atoms with van der Waals surface area (Å²) in [5, 5.41) is 11.9. The highest BCUT2D eigenvalue weighted by Gasteiger charge is 2.05. The minimum atomic E-state index is -0.465. The van der Waals surface area contributed by atoms with E-state index in [0.717, 1.165) is 17.7 Å². The van der Waals surface area contributed by atoms with Crippen molar-refractivity contribution in [3.63, 3.8) is 0 Å². The van der Waals surface area contributed by atoms with E-state index in [2.05, 4.69) is 5.32 Å². The number of hydrogen-bond acceptors (Lipinski definition) is 3. The molecule has 0 amide bonds. The fourth-order valence-corrected chi connectivity index (χ4v) is 1.96. The highest BCUT2D eigenvalue weighted by molar-refractivity contribution is 5.45. The minimum absolute atomic E-state index is 0.214. The van der Waals surface area contributed by atoms with Crippen molar-refractivity contribution in [1.82, 2.24) is 5.32 Å². The number of hydrogen-bond donors (Lipinski definition) is 1. The molecule has 3 nitrogen and oxygen atoms in total. The molecule has 108 valence electrons. The second kappa shape index (κ2) is 6.82. The van der Waals surface area contributed by atoms with Crippen LogP contribution in [-0.2, 0) is 13.1 Å². The van der Waals surface area contributed by atoms with Crippen molar-refractivity contribution in [3.8, 4) is 11.8 Å². The summed E-state index contributed by atoms with van der Waals surface area (Å²) < 4.78 is 31.6. The maximum atomic E-state index is 13.5. The molecule has 0 spiro atoms. The van der Waals surface area contributed by atoms with Gasteiger partial charge < -0.3 is 10.1 Å². The fraction of sp³-hybridized carbons (Fsp3) is 0.188.